The molecule has 0 aliphatic carbocycles. The summed E-state index contributed by atoms with van der Waals surface area (Å²) in [4.78, 5) is 24.6. The Labute approximate surface area is 109 Å². The first-order valence-corrected chi connectivity index (χ1v) is 6.67. The molecule has 0 aromatic heterocycles. The van der Waals surface area contributed by atoms with Crippen LogP contribution in [-0.2, 0) is 19.1 Å². The van der Waals surface area contributed by atoms with E-state index in [-0.39, 0.29) is 25.0 Å². The van der Waals surface area contributed by atoms with Crippen LogP contribution in [0.1, 0.15) is 40.0 Å². The summed E-state index contributed by atoms with van der Waals surface area (Å²) < 4.78 is 9.77. The van der Waals surface area contributed by atoms with Crippen LogP contribution in [0.5, 0.6) is 0 Å². The summed E-state index contributed by atoms with van der Waals surface area (Å²) in [5, 5.41) is 0. The number of unbranched alkanes of at least 4 members (excludes halogenated alkanes) is 2. The first kappa shape index (κ1) is 16.9. The normalized spacial score (nSPS) is 10.4. The molecule has 0 spiro atoms. The van der Waals surface area contributed by atoms with Gasteiger partial charge in [0, 0.05) is 0 Å². The second kappa shape index (κ2) is 11.0. The first-order valence-electron chi connectivity index (χ1n) is 6.67. The van der Waals surface area contributed by atoms with E-state index in [4.69, 9.17) is 9.47 Å². The van der Waals surface area contributed by atoms with Gasteiger partial charge in [-0.05, 0) is 26.8 Å². The van der Waals surface area contributed by atoms with E-state index >= 15 is 0 Å². The fourth-order valence-corrected chi connectivity index (χ4v) is 1.58. The van der Waals surface area contributed by atoms with Crippen molar-refractivity contribution in [2.75, 3.05) is 32.8 Å². The van der Waals surface area contributed by atoms with Gasteiger partial charge in [0.15, 0.2) is 0 Å². The average Bonchev–Trinajstić information content (AvgIpc) is 2.29. The smallest absolute Gasteiger partial charge is 0.320 e. The zero-order chi connectivity index (χ0) is 13.8. The second-order valence-electron chi connectivity index (χ2n) is 4.03. The second-order valence-corrected chi connectivity index (χ2v) is 4.03. The molecular formula is C13H25NO4. The maximum atomic E-state index is 11.4. The third-order valence-corrected chi connectivity index (χ3v) is 2.39. The molecule has 0 rings (SSSR count). The van der Waals surface area contributed by atoms with Crippen molar-refractivity contribution in [1.29, 1.82) is 0 Å². The SMILES string of the molecule is CCCCCN(CC(=O)OCC)CC(=O)OCC. The maximum absolute atomic E-state index is 11.4. The molecule has 0 aromatic carbocycles. The van der Waals surface area contributed by atoms with Crippen LogP contribution >= 0.6 is 0 Å². The van der Waals surface area contributed by atoms with Crippen molar-refractivity contribution in [3.05, 3.63) is 0 Å². The fourth-order valence-electron chi connectivity index (χ4n) is 1.58. The van der Waals surface area contributed by atoms with Gasteiger partial charge in [0.2, 0.25) is 0 Å². The first-order chi connectivity index (χ1) is 8.63. The average molecular weight is 259 g/mol. The lowest BCUT2D eigenvalue weighted by Crippen LogP contribution is -2.36. The largest absolute Gasteiger partial charge is 0.465 e. The van der Waals surface area contributed by atoms with Crippen LogP contribution in [0.2, 0.25) is 0 Å². The summed E-state index contributed by atoms with van der Waals surface area (Å²) in [6.45, 7) is 7.39. The Bertz CT molecular complexity index is 223. The molecule has 0 aliphatic heterocycles. The predicted molar refractivity (Wildman–Crippen MR) is 69.2 cm³/mol. The molecule has 0 amide bonds. The standard InChI is InChI=1S/C13H25NO4/c1-4-7-8-9-14(10-12(15)17-5-2)11-13(16)18-6-3/h4-11H2,1-3H3. The highest BCUT2D eigenvalue weighted by molar-refractivity contribution is 5.75. The molecule has 0 aliphatic rings. The number of esters is 2. The zero-order valence-electron chi connectivity index (χ0n) is 11.7. The molecule has 0 saturated carbocycles. The van der Waals surface area contributed by atoms with E-state index in [1.165, 1.54) is 0 Å². The Hall–Kier alpha value is -1.10. The van der Waals surface area contributed by atoms with Gasteiger partial charge in [0.05, 0.1) is 26.3 Å². The number of ether oxygens (including phenoxy) is 2. The van der Waals surface area contributed by atoms with Crippen LogP contribution in [0.25, 0.3) is 0 Å². The third-order valence-electron chi connectivity index (χ3n) is 2.39. The predicted octanol–water partition coefficient (Wildman–Crippen LogP) is 1.60. The zero-order valence-corrected chi connectivity index (χ0v) is 11.7. The van der Waals surface area contributed by atoms with Crippen LogP contribution in [0.4, 0.5) is 0 Å². The van der Waals surface area contributed by atoms with Gasteiger partial charge < -0.3 is 9.47 Å². The molecule has 106 valence electrons. The number of nitrogens with zero attached hydrogens (tertiary/aromatic N) is 1. The summed E-state index contributed by atoms with van der Waals surface area (Å²) >= 11 is 0. The summed E-state index contributed by atoms with van der Waals surface area (Å²) in [5.41, 5.74) is 0. The Balaban J connectivity index is 4.14. The number of hydrogen-bond donors (Lipinski definition) is 0. The van der Waals surface area contributed by atoms with Crippen molar-refractivity contribution in [2.24, 2.45) is 0 Å². The fraction of sp³-hybridized carbons (Fsp3) is 0.846. The highest BCUT2D eigenvalue weighted by Gasteiger charge is 2.15. The number of carbonyl (C=O) groups excluding carboxylic acids is 2. The molecule has 0 saturated heterocycles. The lowest BCUT2D eigenvalue weighted by molar-refractivity contribution is -0.148. The molecule has 5 nitrogen and oxygen atoms in total. The highest BCUT2D eigenvalue weighted by Crippen LogP contribution is 2.00. The highest BCUT2D eigenvalue weighted by atomic mass is 16.5. The third kappa shape index (κ3) is 8.98. The Morgan fingerprint density at radius 3 is 1.78 bits per heavy atom. The van der Waals surface area contributed by atoms with Gasteiger partial charge in [-0.2, -0.15) is 0 Å². The van der Waals surface area contributed by atoms with Crippen LogP contribution in [0, 0.1) is 0 Å². The molecule has 0 heterocycles. The van der Waals surface area contributed by atoms with Gasteiger partial charge in [-0.3, -0.25) is 14.5 Å². The Morgan fingerprint density at radius 1 is 0.889 bits per heavy atom. The van der Waals surface area contributed by atoms with Crippen molar-refractivity contribution in [2.45, 2.75) is 40.0 Å². The lowest BCUT2D eigenvalue weighted by Gasteiger charge is -2.19. The Morgan fingerprint density at radius 2 is 1.39 bits per heavy atom. The maximum Gasteiger partial charge on any atom is 0.320 e. The molecule has 0 unspecified atom stereocenters. The molecule has 0 bridgehead atoms. The topological polar surface area (TPSA) is 55.8 Å². The van der Waals surface area contributed by atoms with Gasteiger partial charge >= 0.3 is 11.9 Å². The quantitative estimate of drug-likeness (QED) is 0.440. The minimum Gasteiger partial charge on any atom is -0.465 e. The van der Waals surface area contributed by atoms with Gasteiger partial charge in [-0.25, -0.2) is 0 Å². The molecule has 0 radical (unpaired) electrons. The summed E-state index contributed by atoms with van der Waals surface area (Å²) in [6, 6.07) is 0. The molecule has 18 heavy (non-hydrogen) atoms. The molecule has 0 N–H and O–H groups in total. The van der Waals surface area contributed by atoms with Crippen molar-refractivity contribution in [3.63, 3.8) is 0 Å². The number of carbonyl (C=O) groups is 2. The van der Waals surface area contributed by atoms with E-state index in [9.17, 15) is 9.59 Å². The van der Waals surface area contributed by atoms with Gasteiger partial charge in [-0.1, -0.05) is 19.8 Å². The van der Waals surface area contributed by atoms with Crippen LogP contribution in [0.3, 0.4) is 0 Å². The number of hydrogen-bond acceptors (Lipinski definition) is 5. The molecule has 0 fully saturated rings. The summed E-state index contributed by atoms with van der Waals surface area (Å²) in [6.07, 6.45) is 3.16. The van der Waals surface area contributed by atoms with E-state index in [2.05, 4.69) is 6.92 Å². The molecule has 0 aromatic rings. The molecule has 0 atom stereocenters. The lowest BCUT2D eigenvalue weighted by atomic mass is 10.2. The monoisotopic (exact) mass is 259 g/mol. The van der Waals surface area contributed by atoms with E-state index in [1.54, 1.807) is 18.7 Å². The summed E-state index contributed by atoms with van der Waals surface area (Å²) in [7, 11) is 0. The van der Waals surface area contributed by atoms with E-state index in [1.807, 2.05) is 0 Å². The van der Waals surface area contributed by atoms with Crippen molar-refractivity contribution in [3.8, 4) is 0 Å². The van der Waals surface area contributed by atoms with Crippen LogP contribution in [0.15, 0.2) is 0 Å². The number of rotatable bonds is 10. The van der Waals surface area contributed by atoms with Crippen molar-refractivity contribution in [1.82, 2.24) is 4.90 Å². The van der Waals surface area contributed by atoms with Crippen molar-refractivity contribution < 1.29 is 19.1 Å². The van der Waals surface area contributed by atoms with E-state index < -0.39 is 0 Å². The Kier molecular flexibility index (Phi) is 10.3. The minimum absolute atomic E-state index is 0.149. The molecule has 5 heteroatoms. The van der Waals surface area contributed by atoms with Gasteiger partial charge in [-0.15, -0.1) is 0 Å². The van der Waals surface area contributed by atoms with Gasteiger partial charge in [0.1, 0.15) is 0 Å². The summed E-state index contributed by atoms with van der Waals surface area (Å²) in [5.74, 6) is -0.586. The van der Waals surface area contributed by atoms with E-state index in [0.717, 1.165) is 19.3 Å². The van der Waals surface area contributed by atoms with Crippen molar-refractivity contribution >= 4 is 11.9 Å². The van der Waals surface area contributed by atoms with E-state index in [0.29, 0.717) is 19.8 Å². The molecular weight excluding hydrogens is 234 g/mol. The van der Waals surface area contributed by atoms with Crippen LogP contribution in [-0.4, -0.2) is 49.7 Å². The van der Waals surface area contributed by atoms with Gasteiger partial charge in [0.25, 0.3) is 0 Å². The minimum atomic E-state index is -0.293. The van der Waals surface area contributed by atoms with Crippen LogP contribution < -0.4 is 0 Å².